The maximum absolute atomic E-state index is 12.9. The van der Waals surface area contributed by atoms with E-state index in [4.69, 9.17) is 5.11 Å². The summed E-state index contributed by atoms with van der Waals surface area (Å²) in [5, 5.41) is 11.6. The Bertz CT molecular complexity index is 396. The summed E-state index contributed by atoms with van der Waals surface area (Å²) in [5.41, 5.74) is 0.361. The summed E-state index contributed by atoms with van der Waals surface area (Å²) in [7, 11) is 0. The van der Waals surface area contributed by atoms with Gasteiger partial charge in [0.05, 0.1) is 5.92 Å². The lowest BCUT2D eigenvalue weighted by Crippen LogP contribution is -2.29. The van der Waals surface area contributed by atoms with Crippen LogP contribution in [0.2, 0.25) is 0 Å². The zero-order valence-corrected chi connectivity index (χ0v) is 9.00. The van der Waals surface area contributed by atoms with Crippen molar-refractivity contribution in [1.82, 2.24) is 0 Å². The first-order valence-corrected chi connectivity index (χ1v) is 4.86. The fourth-order valence-corrected chi connectivity index (χ4v) is 1.19. The van der Waals surface area contributed by atoms with Crippen LogP contribution in [0.25, 0.3) is 0 Å². The highest BCUT2D eigenvalue weighted by Gasteiger charge is 2.19. The lowest BCUT2D eigenvalue weighted by molar-refractivity contribution is -0.141. The van der Waals surface area contributed by atoms with Gasteiger partial charge in [0.15, 0.2) is 11.6 Å². The van der Waals surface area contributed by atoms with E-state index >= 15 is 0 Å². The van der Waals surface area contributed by atoms with Crippen molar-refractivity contribution in [2.75, 3.05) is 5.32 Å². The van der Waals surface area contributed by atoms with Crippen LogP contribution in [-0.2, 0) is 4.79 Å². The summed E-state index contributed by atoms with van der Waals surface area (Å²) in [6.07, 6.45) is 0. The number of carboxylic acid groups (broad SMARTS) is 1. The molecule has 0 aliphatic carbocycles. The summed E-state index contributed by atoms with van der Waals surface area (Å²) < 4.78 is 25.5. The highest BCUT2D eigenvalue weighted by Crippen LogP contribution is 2.16. The van der Waals surface area contributed by atoms with Gasteiger partial charge in [-0.15, -0.1) is 0 Å². The Hall–Kier alpha value is -1.65. The normalized spacial score (nSPS) is 14.2. The molecule has 0 amide bonds. The first-order valence-electron chi connectivity index (χ1n) is 4.86. The average Bonchev–Trinajstić information content (AvgIpc) is 2.22. The Morgan fingerprint density at radius 3 is 2.44 bits per heavy atom. The van der Waals surface area contributed by atoms with Crippen molar-refractivity contribution in [3.63, 3.8) is 0 Å². The van der Waals surface area contributed by atoms with Crippen molar-refractivity contribution in [3.05, 3.63) is 29.8 Å². The zero-order chi connectivity index (χ0) is 12.3. The number of aliphatic carboxylic acids is 1. The third-order valence-electron chi connectivity index (χ3n) is 2.45. The molecule has 0 spiro atoms. The van der Waals surface area contributed by atoms with Crippen molar-refractivity contribution >= 4 is 11.7 Å². The van der Waals surface area contributed by atoms with Crippen molar-refractivity contribution in [3.8, 4) is 0 Å². The molecule has 16 heavy (non-hydrogen) atoms. The van der Waals surface area contributed by atoms with E-state index in [0.717, 1.165) is 12.1 Å². The van der Waals surface area contributed by atoms with Gasteiger partial charge in [-0.1, -0.05) is 0 Å². The van der Waals surface area contributed by atoms with Gasteiger partial charge in [0, 0.05) is 17.8 Å². The van der Waals surface area contributed by atoms with Gasteiger partial charge >= 0.3 is 5.97 Å². The topological polar surface area (TPSA) is 49.3 Å². The second kappa shape index (κ2) is 4.92. The van der Waals surface area contributed by atoms with Gasteiger partial charge in [0.1, 0.15) is 0 Å². The van der Waals surface area contributed by atoms with E-state index in [9.17, 15) is 13.6 Å². The monoisotopic (exact) mass is 229 g/mol. The molecule has 3 nitrogen and oxygen atoms in total. The van der Waals surface area contributed by atoms with Crippen LogP contribution in [0, 0.1) is 17.6 Å². The molecule has 0 aromatic heterocycles. The first kappa shape index (κ1) is 12.4. The summed E-state index contributed by atoms with van der Waals surface area (Å²) >= 11 is 0. The molecule has 1 rings (SSSR count). The van der Waals surface area contributed by atoms with Crippen molar-refractivity contribution in [1.29, 1.82) is 0 Å². The van der Waals surface area contributed by atoms with Gasteiger partial charge in [-0.3, -0.25) is 4.79 Å². The van der Waals surface area contributed by atoms with Crippen LogP contribution in [0.1, 0.15) is 13.8 Å². The predicted octanol–water partition coefficient (Wildman–Crippen LogP) is 2.49. The van der Waals surface area contributed by atoms with Crippen molar-refractivity contribution < 1.29 is 18.7 Å². The first-order chi connectivity index (χ1) is 7.41. The molecule has 0 aliphatic rings. The molecule has 0 bridgehead atoms. The smallest absolute Gasteiger partial charge is 0.308 e. The van der Waals surface area contributed by atoms with E-state index in [1.54, 1.807) is 13.8 Å². The number of benzene rings is 1. The molecular formula is C11H13F2NO2. The number of rotatable bonds is 4. The Labute approximate surface area is 92.1 Å². The van der Waals surface area contributed by atoms with Gasteiger partial charge < -0.3 is 10.4 Å². The highest BCUT2D eigenvalue weighted by atomic mass is 19.2. The van der Waals surface area contributed by atoms with Gasteiger partial charge in [-0.05, 0) is 26.0 Å². The van der Waals surface area contributed by atoms with Gasteiger partial charge in [-0.25, -0.2) is 8.78 Å². The molecule has 2 N–H and O–H groups in total. The minimum absolute atomic E-state index is 0.361. The summed E-state index contributed by atoms with van der Waals surface area (Å²) in [4.78, 5) is 10.7. The fourth-order valence-electron chi connectivity index (χ4n) is 1.19. The SMILES string of the molecule is CC(Nc1ccc(F)c(F)c1)C(C)C(=O)O. The van der Waals surface area contributed by atoms with Crippen molar-refractivity contribution in [2.24, 2.45) is 5.92 Å². The summed E-state index contributed by atoms with van der Waals surface area (Å²) in [5.74, 6) is -3.44. The van der Waals surface area contributed by atoms with E-state index in [1.807, 2.05) is 0 Å². The van der Waals surface area contributed by atoms with E-state index < -0.39 is 23.5 Å². The summed E-state index contributed by atoms with van der Waals surface area (Å²) in [6, 6.07) is 2.99. The molecule has 0 fully saturated rings. The van der Waals surface area contributed by atoms with E-state index in [-0.39, 0.29) is 6.04 Å². The summed E-state index contributed by atoms with van der Waals surface area (Å²) in [6.45, 7) is 3.21. The van der Waals surface area contributed by atoms with Crippen LogP contribution in [0.15, 0.2) is 18.2 Å². The minimum Gasteiger partial charge on any atom is -0.481 e. The lowest BCUT2D eigenvalue weighted by atomic mass is 10.0. The van der Waals surface area contributed by atoms with E-state index in [0.29, 0.717) is 5.69 Å². The van der Waals surface area contributed by atoms with E-state index in [1.165, 1.54) is 6.07 Å². The highest BCUT2D eigenvalue weighted by molar-refractivity contribution is 5.71. The third-order valence-corrected chi connectivity index (χ3v) is 2.45. The molecule has 5 heteroatoms. The molecule has 1 aromatic rings. The number of hydrogen-bond donors (Lipinski definition) is 2. The molecule has 88 valence electrons. The van der Waals surface area contributed by atoms with Gasteiger partial charge in [-0.2, -0.15) is 0 Å². The van der Waals surface area contributed by atoms with Crippen LogP contribution in [0.4, 0.5) is 14.5 Å². The standard InChI is InChI=1S/C11H13F2NO2/c1-6(11(15)16)7(2)14-8-3-4-9(12)10(13)5-8/h3-7,14H,1-2H3,(H,15,16). The molecule has 0 saturated heterocycles. The molecule has 1 aromatic carbocycles. The van der Waals surface area contributed by atoms with Crippen LogP contribution in [0.5, 0.6) is 0 Å². The minimum atomic E-state index is -0.958. The maximum Gasteiger partial charge on any atom is 0.308 e. The Balaban J connectivity index is 2.73. The molecule has 2 unspecified atom stereocenters. The Morgan fingerprint density at radius 2 is 1.94 bits per heavy atom. The van der Waals surface area contributed by atoms with Gasteiger partial charge in [0.2, 0.25) is 0 Å². The number of carbonyl (C=O) groups is 1. The number of carboxylic acids is 1. The van der Waals surface area contributed by atoms with Crippen LogP contribution < -0.4 is 5.32 Å². The lowest BCUT2D eigenvalue weighted by Gasteiger charge is -2.19. The quantitative estimate of drug-likeness (QED) is 0.833. The number of halogens is 2. The molecule has 0 saturated carbocycles. The number of anilines is 1. The molecule has 2 atom stereocenters. The van der Waals surface area contributed by atoms with Crippen LogP contribution >= 0.6 is 0 Å². The fraction of sp³-hybridized carbons (Fsp3) is 0.364. The molecular weight excluding hydrogens is 216 g/mol. The second-order valence-electron chi connectivity index (χ2n) is 3.69. The van der Waals surface area contributed by atoms with E-state index in [2.05, 4.69) is 5.32 Å². The number of nitrogens with one attached hydrogen (secondary N) is 1. The Morgan fingerprint density at radius 1 is 1.31 bits per heavy atom. The zero-order valence-electron chi connectivity index (χ0n) is 9.00. The van der Waals surface area contributed by atoms with Crippen LogP contribution in [0.3, 0.4) is 0 Å². The third kappa shape index (κ3) is 2.92. The average molecular weight is 229 g/mol. The number of hydrogen-bond acceptors (Lipinski definition) is 2. The van der Waals surface area contributed by atoms with Gasteiger partial charge in [0.25, 0.3) is 0 Å². The second-order valence-corrected chi connectivity index (χ2v) is 3.69. The maximum atomic E-state index is 12.9. The largest absolute Gasteiger partial charge is 0.481 e. The molecule has 0 radical (unpaired) electrons. The Kier molecular flexibility index (Phi) is 3.82. The predicted molar refractivity (Wildman–Crippen MR) is 56.2 cm³/mol. The molecule has 0 heterocycles. The molecule has 0 aliphatic heterocycles. The van der Waals surface area contributed by atoms with Crippen molar-refractivity contribution in [2.45, 2.75) is 19.9 Å². The van der Waals surface area contributed by atoms with Crippen LogP contribution in [-0.4, -0.2) is 17.1 Å².